The van der Waals surface area contributed by atoms with Crippen molar-refractivity contribution < 1.29 is 19.1 Å². The molecule has 0 bridgehead atoms. The summed E-state index contributed by atoms with van der Waals surface area (Å²) in [5.74, 6) is 5.61. The van der Waals surface area contributed by atoms with Crippen LogP contribution in [0.15, 0.2) is 48.5 Å². The van der Waals surface area contributed by atoms with Crippen molar-refractivity contribution in [2.24, 2.45) is 0 Å². The number of benzene rings is 2. The van der Waals surface area contributed by atoms with E-state index in [1.807, 2.05) is 0 Å². The molecule has 3 amide bonds. The summed E-state index contributed by atoms with van der Waals surface area (Å²) in [6.45, 7) is 5.87. The van der Waals surface area contributed by atoms with Gasteiger partial charge in [-0.25, -0.2) is 4.79 Å². The fourth-order valence-corrected chi connectivity index (χ4v) is 2.55. The Kier molecular flexibility index (Phi) is 6.07. The number of β-lactam (4-membered cyclic amide) rings is 1. The van der Waals surface area contributed by atoms with E-state index in [0.717, 1.165) is 11.1 Å². The highest BCUT2D eigenvalue weighted by Gasteiger charge is 2.29. The fraction of sp³-hybridized carbons (Fsp3) is 0.261. The number of hydrogen-bond acceptors (Lipinski definition) is 4. The van der Waals surface area contributed by atoms with Gasteiger partial charge < -0.3 is 15.4 Å². The van der Waals surface area contributed by atoms with Crippen molar-refractivity contribution in [3.63, 3.8) is 0 Å². The van der Waals surface area contributed by atoms with Crippen LogP contribution in [0.5, 0.6) is 0 Å². The first-order chi connectivity index (χ1) is 14.2. The zero-order valence-corrected chi connectivity index (χ0v) is 17.0. The number of nitrogens with one attached hydrogen (secondary N) is 3. The summed E-state index contributed by atoms with van der Waals surface area (Å²) >= 11 is 0. The molecule has 0 aromatic heterocycles. The summed E-state index contributed by atoms with van der Waals surface area (Å²) in [6.07, 6.45) is -0.511. The zero-order chi connectivity index (χ0) is 21.7. The third-order valence-electron chi connectivity index (χ3n) is 4.13. The van der Waals surface area contributed by atoms with Crippen LogP contribution >= 0.6 is 0 Å². The molecule has 3 rings (SSSR count). The Morgan fingerprint density at radius 3 is 2.03 bits per heavy atom. The molecule has 1 saturated heterocycles. The van der Waals surface area contributed by atoms with Crippen LogP contribution in [0.25, 0.3) is 0 Å². The Morgan fingerprint density at radius 2 is 1.57 bits per heavy atom. The van der Waals surface area contributed by atoms with E-state index in [2.05, 4.69) is 27.8 Å². The second-order valence-electron chi connectivity index (χ2n) is 7.80. The lowest BCUT2D eigenvalue weighted by Crippen LogP contribution is -2.61. The molecule has 1 heterocycles. The summed E-state index contributed by atoms with van der Waals surface area (Å²) in [5.41, 5.74) is 2.06. The largest absolute Gasteiger partial charge is 0.444 e. The van der Waals surface area contributed by atoms with Crippen molar-refractivity contribution in [2.75, 3.05) is 11.9 Å². The van der Waals surface area contributed by atoms with Crippen LogP contribution in [-0.2, 0) is 9.53 Å². The SMILES string of the molecule is CC(C)(C)OC(=O)Nc1ccc(C#Cc2ccc(C(=O)N[C@@H]3CNC3=O)cc2)cc1. The molecule has 30 heavy (non-hydrogen) atoms. The van der Waals surface area contributed by atoms with Crippen molar-refractivity contribution in [2.45, 2.75) is 32.4 Å². The Hall–Kier alpha value is -3.79. The van der Waals surface area contributed by atoms with E-state index in [4.69, 9.17) is 4.74 Å². The summed E-state index contributed by atoms with van der Waals surface area (Å²) in [4.78, 5) is 35.1. The molecule has 1 aliphatic rings. The molecule has 1 fully saturated rings. The standard InChI is InChI=1S/C23H23N3O4/c1-23(2,3)30-22(29)25-18-12-8-16(9-13-18)5-4-15-6-10-17(11-7-15)20(27)26-19-14-24-21(19)28/h6-13,19H,14H2,1-3H3,(H,24,28)(H,25,29)(H,26,27)/t19-/m1/s1. The quantitative estimate of drug-likeness (QED) is 0.540. The maximum absolute atomic E-state index is 12.1. The smallest absolute Gasteiger partial charge is 0.412 e. The summed E-state index contributed by atoms with van der Waals surface area (Å²) in [7, 11) is 0. The van der Waals surface area contributed by atoms with Crippen LogP contribution in [0.4, 0.5) is 10.5 Å². The van der Waals surface area contributed by atoms with Gasteiger partial charge in [0.15, 0.2) is 0 Å². The molecule has 154 valence electrons. The van der Waals surface area contributed by atoms with E-state index in [0.29, 0.717) is 17.8 Å². The van der Waals surface area contributed by atoms with Crippen LogP contribution in [0.2, 0.25) is 0 Å². The third-order valence-corrected chi connectivity index (χ3v) is 4.13. The average molecular weight is 405 g/mol. The van der Waals surface area contributed by atoms with E-state index < -0.39 is 17.7 Å². The van der Waals surface area contributed by atoms with Gasteiger partial charge in [-0.05, 0) is 69.3 Å². The van der Waals surface area contributed by atoms with Gasteiger partial charge in [0.1, 0.15) is 11.6 Å². The van der Waals surface area contributed by atoms with Crippen molar-refractivity contribution in [1.29, 1.82) is 0 Å². The minimum atomic E-state index is -0.558. The van der Waals surface area contributed by atoms with Crippen molar-refractivity contribution in [3.05, 3.63) is 65.2 Å². The lowest BCUT2D eigenvalue weighted by molar-refractivity contribution is -0.128. The van der Waals surface area contributed by atoms with Gasteiger partial charge in [0.05, 0.1) is 0 Å². The van der Waals surface area contributed by atoms with Crippen LogP contribution in [-0.4, -0.2) is 36.1 Å². The third kappa shape index (κ3) is 5.85. The highest BCUT2D eigenvalue weighted by atomic mass is 16.6. The predicted molar refractivity (Wildman–Crippen MR) is 113 cm³/mol. The first kappa shape index (κ1) is 20.9. The van der Waals surface area contributed by atoms with Crippen LogP contribution in [0, 0.1) is 11.8 Å². The van der Waals surface area contributed by atoms with E-state index in [1.165, 1.54) is 0 Å². The maximum Gasteiger partial charge on any atom is 0.412 e. The first-order valence-corrected chi connectivity index (χ1v) is 9.50. The predicted octanol–water partition coefficient (Wildman–Crippen LogP) is 2.66. The van der Waals surface area contributed by atoms with Gasteiger partial charge in [-0.2, -0.15) is 0 Å². The van der Waals surface area contributed by atoms with Gasteiger partial charge in [0, 0.05) is 28.9 Å². The Bertz CT molecular complexity index is 1010. The molecule has 2 aromatic carbocycles. The van der Waals surface area contributed by atoms with Gasteiger partial charge in [-0.3, -0.25) is 14.9 Å². The van der Waals surface area contributed by atoms with E-state index >= 15 is 0 Å². The monoisotopic (exact) mass is 405 g/mol. The fourth-order valence-electron chi connectivity index (χ4n) is 2.55. The Morgan fingerprint density at radius 1 is 1.00 bits per heavy atom. The Balaban J connectivity index is 1.57. The molecule has 0 radical (unpaired) electrons. The van der Waals surface area contributed by atoms with E-state index in [9.17, 15) is 14.4 Å². The molecular formula is C23H23N3O4. The second kappa shape index (κ2) is 8.70. The Labute approximate surface area is 175 Å². The van der Waals surface area contributed by atoms with Gasteiger partial charge in [0.2, 0.25) is 5.91 Å². The highest BCUT2D eigenvalue weighted by Crippen LogP contribution is 2.13. The highest BCUT2D eigenvalue weighted by molar-refractivity contribution is 5.99. The number of ether oxygens (including phenoxy) is 1. The summed E-state index contributed by atoms with van der Waals surface area (Å²) in [6, 6.07) is 13.5. The number of carbonyl (C=O) groups is 3. The number of rotatable bonds is 3. The molecule has 3 N–H and O–H groups in total. The normalized spacial score (nSPS) is 15.0. The molecule has 7 nitrogen and oxygen atoms in total. The van der Waals surface area contributed by atoms with Crippen molar-refractivity contribution in [3.8, 4) is 11.8 Å². The summed E-state index contributed by atoms with van der Waals surface area (Å²) < 4.78 is 5.21. The van der Waals surface area contributed by atoms with Gasteiger partial charge in [0.25, 0.3) is 5.91 Å². The summed E-state index contributed by atoms with van der Waals surface area (Å²) in [5, 5.41) is 7.91. The van der Waals surface area contributed by atoms with Crippen LogP contribution in [0.1, 0.15) is 42.3 Å². The lowest BCUT2D eigenvalue weighted by atomic mass is 10.1. The topological polar surface area (TPSA) is 96.5 Å². The van der Waals surface area contributed by atoms with Crippen molar-refractivity contribution >= 4 is 23.6 Å². The lowest BCUT2D eigenvalue weighted by Gasteiger charge is -2.26. The van der Waals surface area contributed by atoms with E-state index in [1.54, 1.807) is 69.3 Å². The molecule has 1 aliphatic heterocycles. The number of anilines is 1. The van der Waals surface area contributed by atoms with Crippen LogP contribution < -0.4 is 16.0 Å². The molecule has 0 spiro atoms. The molecule has 1 atom stereocenters. The number of carbonyl (C=O) groups excluding carboxylic acids is 3. The molecule has 2 aromatic rings. The van der Waals surface area contributed by atoms with Crippen molar-refractivity contribution in [1.82, 2.24) is 10.6 Å². The maximum atomic E-state index is 12.1. The van der Waals surface area contributed by atoms with E-state index in [-0.39, 0.29) is 11.8 Å². The van der Waals surface area contributed by atoms with Gasteiger partial charge in [-0.15, -0.1) is 0 Å². The van der Waals surface area contributed by atoms with Gasteiger partial charge in [-0.1, -0.05) is 11.8 Å². The first-order valence-electron chi connectivity index (χ1n) is 9.50. The average Bonchev–Trinajstić information content (AvgIpc) is 2.69. The van der Waals surface area contributed by atoms with Gasteiger partial charge >= 0.3 is 6.09 Å². The zero-order valence-electron chi connectivity index (χ0n) is 17.0. The number of amides is 3. The second-order valence-corrected chi connectivity index (χ2v) is 7.80. The minimum Gasteiger partial charge on any atom is -0.444 e. The molecule has 7 heteroatoms. The minimum absolute atomic E-state index is 0.168. The molecule has 0 aliphatic carbocycles. The molecule has 0 unspecified atom stereocenters. The number of hydrogen-bond donors (Lipinski definition) is 3. The molecular weight excluding hydrogens is 382 g/mol. The van der Waals surface area contributed by atoms with Crippen LogP contribution in [0.3, 0.4) is 0 Å². The molecule has 0 saturated carbocycles.